The van der Waals surface area contributed by atoms with Crippen LogP contribution < -0.4 is 15.4 Å². The normalized spacial score (nSPS) is 17.4. The van der Waals surface area contributed by atoms with E-state index in [0.717, 1.165) is 5.56 Å². The highest BCUT2D eigenvalue weighted by molar-refractivity contribution is 5.95. The molecule has 2 aromatic rings. The summed E-state index contributed by atoms with van der Waals surface area (Å²) in [7, 11) is 0. The van der Waals surface area contributed by atoms with Gasteiger partial charge in [0.1, 0.15) is 11.5 Å². The van der Waals surface area contributed by atoms with Crippen molar-refractivity contribution in [1.29, 1.82) is 0 Å². The van der Waals surface area contributed by atoms with Crippen molar-refractivity contribution in [2.24, 2.45) is 0 Å². The number of nitrogens with one attached hydrogen (secondary N) is 2. The minimum Gasteiger partial charge on any atom is -0.459 e. The first-order valence-electron chi connectivity index (χ1n) is 9.30. The van der Waals surface area contributed by atoms with Gasteiger partial charge in [0.25, 0.3) is 0 Å². The maximum absolute atomic E-state index is 12.7. The molecule has 1 aliphatic heterocycles. The summed E-state index contributed by atoms with van der Waals surface area (Å²) >= 11 is 0. The summed E-state index contributed by atoms with van der Waals surface area (Å²) in [5.41, 5.74) is 1.60. The van der Waals surface area contributed by atoms with Crippen LogP contribution in [-0.4, -0.2) is 18.1 Å². The van der Waals surface area contributed by atoms with Gasteiger partial charge in [-0.15, -0.1) is 0 Å². The number of hydrogen-bond acceptors (Lipinski definition) is 4. The highest BCUT2D eigenvalue weighted by Crippen LogP contribution is 2.31. The Hall–Kier alpha value is -3.28. The molecule has 3 rings (SSSR count). The summed E-state index contributed by atoms with van der Waals surface area (Å²) in [5, 5.41) is 5.47. The zero-order chi connectivity index (χ0) is 20.1. The largest absolute Gasteiger partial charge is 0.459 e. The van der Waals surface area contributed by atoms with Gasteiger partial charge in [-0.25, -0.2) is 9.59 Å². The number of para-hydroxylation sites is 1. The molecule has 146 valence electrons. The average Bonchev–Trinajstić information content (AvgIpc) is 2.68. The number of carbonyl (C=O) groups is 2. The van der Waals surface area contributed by atoms with Gasteiger partial charge in [-0.1, -0.05) is 37.3 Å². The van der Waals surface area contributed by atoms with E-state index in [-0.39, 0.29) is 12.1 Å². The van der Waals surface area contributed by atoms with Crippen LogP contribution in [-0.2, 0) is 9.53 Å². The smallest absolute Gasteiger partial charge is 0.338 e. The van der Waals surface area contributed by atoms with Crippen LogP contribution in [0.2, 0.25) is 0 Å². The lowest BCUT2D eigenvalue weighted by Gasteiger charge is -2.29. The van der Waals surface area contributed by atoms with E-state index < -0.39 is 12.0 Å². The van der Waals surface area contributed by atoms with Gasteiger partial charge in [0.2, 0.25) is 0 Å². The van der Waals surface area contributed by atoms with E-state index in [0.29, 0.717) is 29.2 Å². The third-order valence-corrected chi connectivity index (χ3v) is 4.54. The molecule has 0 saturated heterocycles. The van der Waals surface area contributed by atoms with Crippen molar-refractivity contribution in [3.05, 3.63) is 71.4 Å². The second kappa shape index (κ2) is 8.61. The molecule has 6 nitrogen and oxygen atoms in total. The van der Waals surface area contributed by atoms with Gasteiger partial charge in [0.15, 0.2) is 0 Å². The summed E-state index contributed by atoms with van der Waals surface area (Å²) in [4.78, 5) is 24.8. The van der Waals surface area contributed by atoms with Crippen LogP contribution >= 0.6 is 0 Å². The molecular weight excluding hydrogens is 356 g/mol. The standard InChI is InChI=1S/C22H24N2O4/c1-4-14(2)27-21(25)19-15(3)23-22(26)24-20(19)16-9-8-12-18(13-16)28-17-10-6-5-7-11-17/h5-14,20H,4H2,1-3H3,(H2,23,24,26)/t14-,20+/m1/s1. The summed E-state index contributed by atoms with van der Waals surface area (Å²) in [5.74, 6) is 0.875. The van der Waals surface area contributed by atoms with Crippen LogP contribution in [0.5, 0.6) is 11.5 Å². The Morgan fingerprint density at radius 1 is 1.11 bits per heavy atom. The third-order valence-electron chi connectivity index (χ3n) is 4.54. The van der Waals surface area contributed by atoms with E-state index in [9.17, 15) is 9.59 Å². The van der Waals surface area contributed by atoms with Gasteiger partial charge < -0.3 is 20.1 Å². The molecule has 1 aliphatic rings. The Morgan fingerprint density at radius 2 is 1.82 bits per heavy atom. The Labute approximate surface area is 164 Å². The number of urea groups is 1. The van der Waals surface area contributed by atoms with Gasteiger partial charge in [-0.3, -0.25) is 0 Å². The molecule has 2 amide bonds. The van der Waals surface area contributed by atoms with Crippen molar-refractivity contribution in [2.45, 2.75) is 39.3 Å². The summed E-state index contributed by atoms with van der Waals surface area (Å²) in [6.07, 6.45) is 0.502. The van der Waals surface area contributed by atoms with Crippen LogP contribution in [0.4, 0.5) is 4.79 Å². The summed E-state index contributed by atoms with van der Waals surface area (Å²) in [6, 6.07) is 15.7. The first-order valence-corrected chi connectivity index (χ1v) is 9.30. The number of amides is 2. The highest BCUT2D eigenvalue weighted by Gasteiger charge is 2.33. The zero-order valence-corrected chi connectivity index (χ0v) is 16.2. The van der Waals surface area contributed by atoms with E-state index in [4.69, 9.17) is 9.47 Å². The number of hydrogen-bond donors (Lipinski definition) is 2. The van der Waals surface area contributed by atoms with Gasteiger partial charge >= 0.3 is 12.0 Å². The number of carbonyl (C=O) groups excluding carboxylic acids is 2. The summed E-state index contributed by atoms with van der Waals surface area (Å²) < 4.78 is 11.4. The predicted octanol–water partition coefficient (Wildman–Crippen LogP) is 4.45. The van der Waals surface area contributed by atoms with Crippen LogP contribution in [0.25, 0.3) is 0 Å². The van der Waals surface area contributed by atoms with Crippen molar-refractivity contribution in [1.82, 2.24) is 10.6 Å². The maximum atomic E-state index is 12.7. The molecule has 0 radical (unpaired) electrons. The molecule has 0 bridgehead atoms. The van der Waals surface area contributed by atoms with Crippen molar-refractivity contribution in [3.63, 3.8) is 0 Å². The van der Waals surface area contributed by atoms with Gasteiger partial charge in [-0.05, 0) is 50.1 Å². The van der Waals surface area contributed by atoms with E-state index >= 15 is 0 Å². The van der Waals surface area contributed by atoms with Crippen LogP contribution in [0.3, 0.4) is 0 Å². The minimum atomic E-state index is -0.621. The van der Waals surface area contributed by atoms with Crippen molar-refractivity contribution in [2.75, 3.05) is 0 Å². The number of esters is 1. The van der Waals surface area contributed by atoms with Crippen molar-refractivity contribution < 1.29 is 19.1 Å². The van der Waals surface area contributed by atoms with E-state index in [2.05, 4.69) is 10.6 Å². The Bertz CT molecular complexity index is 892. The van der Waals surface area contributed by atoms with E-state index in [1.165, 1.54) is 0 Å². The highest BCUT2D eigenvalue weighted by atomic mass is 16.5. The number of rotatable bonds is 6. The predicted molar refractivity (Wildman–Crippen MR) is 106 cm³/mol. The molecule has 0 fully saturated rings. The second-order valence-corrected chi connectivity index (χ2v) is 6.68. The minimum absolute atomic E-state index is 0.209. The SMILES string of the molecule is CC[C@@H](C)OC(=O)C1=C(C)NC(=O)N[C@H]1c1cccc(Oc2ccccc2)c1. The number of ether oxygens (including phenoxy) is 2. The first kappa shape index (κ1) is 19.5. The lowest BCUT2D eigenvalue weighted by Crippen LogP contribution is -2.45. The van der Waals surface area contributed by atoms with E-state index in [1.807, 2.05) is 68.4 Å². The molecule has 2 N–H and O–H groups in total. The van der Waals surface area contributed by atoms with Gasteiger partial charge in [0.05, 0.1) is 17.7 Å². The van der Waals surface area contributed by atoms with Crippen LogP contribution in [0.1, 0.15) is 38.8 Å². The van der Waals surface area contributed by atoms with E-state index in [1.54, 1.807) is 6.92 Å². The molecule has 0 unspecified atom stereocenters. The lowest BCUT2D eigenvalue weighted by atomic mass is 9.95. The second-order valence-electron chi connectivity index (χ2n) is 6.68. The first-order chi connectivity index (χ1) is 13.5. The van der Waals surface area contributed by atoms with Crippen LogP contribution in [0, 0.1) is 0 Å². The number of benzene rings is 2. The fourth-order valence-electron chi connectivity index (χ4n) is 2.93. The Kier molecular flexibility index (Phi) is 5.99. The molecule has 1 heterocycles. The fraction of sp³-hybridized carbons (Fsp3) is 0.273. The maximum Gasteiger partial charge on any atom is 0.338 e. The molecule has 28 heavy (non-hydrogen) atoms. The van der Waals surface area contributed by atoms with Crippen LogP contribution in [0.15, 0.2) is 65.9 Å². The molecule has 6 heteroatoms. The Balaban J connectivity index is 1.91. The van der Waals surface area contributed by atoms with Crippen molar-refractivity contribution in [3.8, 4) is 11.5 Å². The lowest BCUT2D eigenvalue weighted by molar-refractivity contribution is -0.144. The molecule has 2 atom stereocenters. The average molecular weight is 380 g/mol. The molecule has 0 spiro atoms. The Morgan fingerprint density at radius 3 is 2.54 bits per heavy atom. The molecule has 0 aliphatic carbocycles. The molecule has 0 aromatic heterocycles. The monoisotopic (exact) mass is 380 g/mol. The quantitative estimate of drug-likeness (QED) is 0.726. The molecule has 0 saturated carbocycles. The van der Waals surface area contributed by atoms with Gasteiger partial charge in [0, 0.05) is 5.70 Å². The summed E-state index contributed by atoms with van der Waals surface area (Å²) in [6.45, 7) is 5.48. The number of allylic oxidation sites excluding steroid dienone is 1. The fourth-order valence-corrected chi connectivity index (χ4v) is 2.93. The topological polar surface area (TPSA) is 76.7 Å². The molecule has 2 aromatic carbocycles. The third kappa shape index (κ3) is 4.52. The molecular formula is C22H24N2O4. The van der Waals surface area contributed by atoms with Gasteiger partial charge in [-0.2, -0.15) is 0 Å². The zero-order valence-electron chi connectivity index (χ0n) is 16.2. The van der Waals surface area contributed by atoms with Crippen molar-refractivity contribution >= 4 is 12.0 Å².